The second-order valence-corrected chi connectivity index (χ2v) is 4.67. The fourth-order valence-electron chi connectivity index (χ4n) is 2.08. The standard InChI is InChI=1S/C14H20N4O/c19-13(11-12-5-1-2-6-12)15-7-3-8-16-14-17-9-4-10-18-14/h1,4-5,9-10,12H,2-3,6-8,11H2,(H,15,19)(H,16,17,18). The van der Waals surface area contributed by atoms with Crippen molar-refractivity contribution in [2.75, 3.05) is 18.4 Å². The molecule has 0 bridgehead atoms. The second-order valence-electron chi connectivity index (χ2n) is 4.67. The minimum atomic E-state index is 0.146. The summed E-state index contributed by atoms with van der Waals surface area (Å²) in [6.07, 6.45) is 11.4. The Hall–Kier alpha value is -1.91. The van der Waals surface area contributed by atoms with Crippen molar-refractivity contribution in [3.8, 4) is 0 Å². The van der Waals surface area contributed by atoms with Crippen molar-refractivity contribution in [3.63, 3.8) is 0 Å². The van der Waals surface area contributed by atoms with Crippen molar-refractivity contribution in [2.24, 2.45) is 5.92 Å². The summed E-state index contributed by atoms with van der Waals surface area (Å²) in [7, 11) is 0. The van der Waals surface area contributed by atoms with Gasteiger partial charge in [0.25, 0.3) is 0 Å². The first-order valence-electron chi connectivity index (χ1n) is 6.79. The zero-order chi connectivity index (χ0) is 13.3. The van der Waals surface area contributed by atoms with Gasteiger partial charge in [0, 0.05) is 31.9 Å². The molecule has 19 heavy (non-hydrogen) atoms. The number of nitrogens with one attached hydrogen (secondary N) is 2. The fraction of sp³-hybridized carbons (Fsp3) is 0.500. The van der Waals surface area contributed by atoms with Gasteiger partial charge in [-0.25, -0.2) is 9.97 Å². The molecule has 5 nitrogen and oxygen atoms in total. The molecule has 0 aromatic carbocycles. The van der Waals surface area contributed by atoms with Crippen LogP contribution in [0.1, 0.15) is 25.7 Å². The van der Waals surface area contributed by atoms with Gasteiger partial charge < -0.3 is 10.6 Å². The molecule has 0 saturated heterocycles. The zero-order valence-electron chi connectivity index (χ0n) is 11.0. The van der Waals surface area contributed by atoms with E-state index in [2.05, 4.69) is 32.8 Å². The van der Waals surface area contributed by atoms with Crippen molar-refractivity contribution >= 4 is 11.9 Å². The number of anilines is 1. The number of carbonyl (C=O) groups is 1. The van der Waals surface area contributed by atoms with E-state index in [4.69, 9.17) is 0 Å². The third kappa shape index (κ3) is 5.07. The van der Waals surface area contributed by atoms with Gasteiger partial charge in [-0.2, -0.15) is 0 Å². The average Bonchev–Trinajstić information content (AvgIpc) is 2.92. The van der Waals surface area contributed by atoms with Crippen molar-refractivity contribution in [3.05, 3.63) is 30.6 Å². The lowest BCUT2D eigenvalue weighted by Gasteiger charge is -2.09. The molecule has 1 aromatic rings. The Kier molecular flexibility index (Phi) is 5.34. The van der Waals surface area contributed by atoms with Gasteiger partial charge in [-0.1, -0.05) is 12.2 Å². The summed E-state index contributed by atoms with van der Waals surface area (Å²) in [4.78, 5) is 19.8. The van der Waals surface area contributed by atoms with Crippen LogP contribution in [0.15, 0.2) is 30.6 Å². The van der Waals surface area contributed by atoms with Crippen LogP contribution in [0.5, 0.6) is 0 Å². The van der Waals surface area contributed by atoms with Crippen LogP contribution in [-0.4, -0.2) is 29.0 Å². The first-order chi connectivity index (χ1) is 9.34. The largest absolute Gasteiger partial charge is 0.356 e. The lowest BCUT2D eigenvalue weighted by molar-refractivity contribution is -0.121. The van der Waals surface area contributed by atoms with Crippen molar-refractivity contribution in [1.82, 2.24) is 15.3 Å². The molecule has 102 valence electrons. The molecule has 0 saturated carbocycles. The number of aromatic nitrogens is 2. The first-order valence-corrected chi connectivity index (χ1v) is 6.79. The Morgan fingerprint density at radius 2 is 2.16 bits per heavy atom. The van der Waals surface area contributed by atoms with Crippen LogP contribution in [0.2, 0.25) is 0 Å². The fourth-order valence-corrected chi connectivity index (χ4v) is 2.08. The SMILES string of the molecule is O=C(CC1C=CCC1)NCCCNc1ncccn1. The van der Waals surface area contributed by atoms with Crippen LogP contribution in [-0.2, 0) is 4.79 Å². The van der Waals surface area contributed by atoms with E-state index < -0.39 is 0 Å². The smallest absolute Gasteiger partial charge is 0.222 e. The van der Waals surface area contributed by atoms with Crippen molar-refractivity contribution in [2.45, 2.75) is 25.7 Å². The lowest BCUT2D eigenvalue weighted by atomic mass is 10.1. The highest BCUT2D eigenvalue weighted by molar-refractivity contribution is 5.76. The molecule has 1 aliphatic rings. The predicted octanol–water partition coefficient (Wildman–Crippen LogP) is 1.75. The number of amides is 1. The highest BCUT2D eigenvalue weighted by Crippen LogP contribution is 2.19. The van der Waals surface area contributed by atoms with E-state index in [1.807, 2.05) is 0 Å². The highest BCUT2D eigenvalue weighted by Gasteiger charge is 2.13. The average molecular weight is 260 g/mol. The Morgan fingerprint density at radius 3 is 2.89 bits per heavy atom. The molecule has 5 heteroatoms. The Morgan fingerprint density at radius 1 is 1.32 bits per heavy atom. The van der Waals surface area contributed by atoms with E-state index in [1.165, 1.54) is 0 Å². The predicted molar refractivity (Wildman–Crippen MR) is 74.6 cm³/mol. The van der Waals surface area contributed by atoms with Gasteiger partial charge >= 0.3 is 0 Å². The van der Waals surface area contributed by atoms with Gasteiger partial charge in [-0.05, 0) is 31.2 Å². The van der Waals surface area contributed by atoms with E-state index in [1.54, 1.807) is 18.5 Å². The molecule has 0 aliphatic heterocycles. The van der Waals surface area contributed by atoms with Gasteiger partial charge in [-0.3, -0.25) is 4.79 Å². The summed E-state index contributed by atoms with van der Waals surface area (Å²) < 4.78 is 0. The van der Waals surface area contributed by atoms with Crippen LogP contribution in [0.3, 0.4) is 0 Å². The third-order valence-corrected chi connectivity index (χ3v) is 3.08. The van der Waals surface area contributed by atoms with Crippen LogP contribution >= 0.6 is 0 Å². The maximum Gasteiger partial charge on any atom is 0.222 e. The maximum absolute atomic E-state index is 11.6. The summed E-state index contributed by atoms with van der Waals surface area (Å²) in [6, 6.07) is 1.78. The van der Waals surface area contributed by atoms with E-state index in [-0.39, 0.29) is 5.91 Å². The molecule has 1 amide bonds. The quantitative estimate of drug-likeness (QED) is 0.579. The van der Waals surface area contributed by atoms with E-state index >= 15 is 0 Å². The van der Waals surface area contributed by atoms with Crippen LogP contribution in [0.4, 0.5) is 5.95 Å². The van der Waals surface area contributed by atoms with Gasteiger partial charge in [0.2, 0.25) is 11.9 Å². The Labute approximate surface area is 113 Å². The number of carbonyl (C=O) groups excluding carboxylic acids is 1. The maximum atomic E-state index is 11.6. The molecule has 0 radical (unpaired) electrons. The summed E-state index contributed by atoms with van der Waals surface area (Å²) >= 11 is 0. The normalized spacial score (nSPS) is 17.4. The number of rotatable bonds is 7. The molecule has 1 atom stereocenters. The number of nitrogens with zero attached hydrogens (tertiary/aromatic N) is 2. The van der Waals surface area contributed by atoms with E-state index in [9.17, 15) is 4.79 Å². The topological polar surface area (TPSA) is 66.9 Å². The monoisotopic (exact) mass is 260 g/mol. The zero-order valence-corrected chi connectivity index (χ0v) is 11.0. The molecular weight excluding hydrogens is 240 g/mol. The summed E-state index contributed by atoms with van der Waals surface area (Å²) in [5.74, 6) is 1.22. The van der Waals surface area contributed by atoms with Gasteiger partial charge in [-0.15, -0.1) is 0 Å². The number of hydrogen-bond donors (Lipinski definition) is 2. The van der Waals surface area contributed by atoms with Crippen molar-refractivity contribution < 1.29 is 4.79 Å². The molecule has 0 spiro atoms. The van der Waals surface area contributed by atoms with Crippen LogP contribution < -0.4 is 10.6 Å². The molecule has 1 unspecified atom stereocenters. The Balaban J connectivity index is 1.52. The molecular formula is C14H20N4O. The third-order valence-electron chi connectivity index (χ3n) is 3.08. The second kappa shape index (κ2) is 7.51. The Bertz CT molecular complexity index is 419. The number of hydrogen-bond acceptors (Lipinski definition) is 4. The molecule has 1 heterocycles. The van der Waals surface area contributed by atoms with Crippen LogP contribution in [0, 0.1) is 5.92 Å². The molecule has 2 N–H and O–H groups in total. The minimum absolute atomic E-state index is 0.146. The van der Waals surface area contributed by atoms with Crippen molar-refractivity contribution in [1.29, 1.82) is 0 Å². The van der Waals surface area contributed by atoms with Gasteiger partial charge in [0.15, 0.2) is 0 Å². The highest BCUT2D eigenvalue weighted by atomic mass is 16.1. The lowest BCUT2D eigenvalue weighted by Crippen LogP contribution is -2.27. The molecule has 0 fully saturated rings. The summed E-state index contributed by atoms with van der Waals surface area (Å²) in [5, 5.41) is 6.05. The molecule has 2 rings (SSSR count). The van der Waals surface area contributed by atoms with E-state index in [0.29, 0.717) is 24.8 Å². The number of allylic oxidation sites excluding steroid dienone is 2. The molecule has 1 aromatic heterocycles. The van der Waals surface area contributed by atoms with Gasteiger partial charge in [0.1, 0.15) is 0 Å². The summed E-state index contributed by atoms with van der Waals surface area (Å²) in [6.45, 7) is 1.45. The summed E-state index contributed by atoms with van der Waals surface area (Å²) in [5.41, 5.74) is 0. The van der Waals surface area contributed by atoms with E-state index in [0.717, 1.165) is 25.8 Å². The molecule has 1 aliphatic carbocycles. The van der Waals surface area contributed by atoms with Gasteiger partial charge in [0.05, 0.1) is 0 Å². The first kappa shape index (κ1) is 13.5. The minimum Gasteiger partial charge on any atom is -0.356 e. The van der Waals surface area contributed by atoms with Crippen LogP contribution in [0.25, 0.3) is 0 Å².